The van der Waals surface area contributed by atoms with E-state index in [2.05, 4.69) is 53.1 Å². The van der Waals surface area contributed by atoms with Crippen LogP contribution in [-0.4, -0.2) is 49.2 Å². The quantitative estimate of drug-likeness (QED) is 0.895. The lowest BCUT2D eigenvalue weighted by Gasteiger charge is -2.21. The minimum absolute atomic E-state index is 0.515. The maximum atomic E-state index is 4.61. The monoisotopic (exact) mass is 262 g/mol. The van der Waals surface area contributed by atoms with E-state index in [1.54, 1.807) is 0 Å². The van der Waals surface area contributed by atoms with Crippen molar-refractivity contribution in [1.29, 1.82) is 0 Å². The molecule has 1 N–H and O–H groups in total. The van der Waals surface area contributed by atoms with Gasteiger partial charge in [0.15, 0.2) is 0 Å². The molecule has 0 aromatic carbocycles. The third-order valence-electron chi connectivity index (χ3n) is 3.57. The molecule has 0 unspecified atom stereocenters. The van der Waals surface area contributed by atoms with Gasteiger partial charge >= 0.3 is 0 Å². The molecule has 19 heavy (non-hydrogen) atoms. The molecule has 4 nitrogen and oxygen atoms in total. The zero-order valence-electron chi connectivity index (χ0n) is 12.4. The highest BCUT2D eigenvalue weighted by atomic mass is 15.2. The molecule has 1 aromatic rings. The number of aromatic nitrogens is 1. The van der Waals surface area contributed by atoms with Crippen LogP contribution in [0.15, 0.2) is 18.3 Å². The summed E-state index contributed by atoms with van der Waals surface area (Å²) in [7, 11) is 2.19. The standard InChI is InChI=1S/C15H26N4/c1-13(2)16-11-14-5-6-15(17-12-14)19-8-4-7-18(3)9-10-19/h5-6,12-13,16H,4,7-11H2,1-3H3. The van der Waals surface area contributed by atoms with Gasteiger partial charge in [-0.1, -0.05) is 19.9 Å². The summed E-state index contributed by atoms with van der Waals surface area (Å²) < 4.78 is 0. The molecule has 1 aliphatic heterocycles. The molecule has 1 saturated heterocycles. The summed E-state index contributed by atoms with van der Waals surface area (Å²) >= 11 is 0. The predicted molar refractivity (Wildman–Crippen MR) is 80.5 cm³/mol. The molecule has 0 bridgehead atoms. The van der Waals surface area contributed by atoms with E-state index in [1.807, 2.05) is 6.20 Å². The van der Waals surface area contributed by atoms with Crippen LogP contribution in [0.2, 0.25) is 0 Å². The molecular weight excluding hydrogens is 236 g/mol. The van der Waals surface area contributed by atoms with Crippen molar-refractivity contribution in [2.45, 2.75) is 32.9 Å². The lowest BCUT2D eigenvalue weighted by atomic mass is 10.2. The Morgan fingerprint density at radius 2 is 2.05 bits per heavy atom. The first-order valence-electron chi connectivity index (χ1n) is 7.27. The molecule has 0 amide bonds. The second-order valence-electron chi connectivity index (χ2n) is 5.70. The number of rotatable bonds is 4. The van der Waals surface area contributed by atoms with Crippen LogP contribution in [0.4, 0.5) is 5.82 Å². The summed E-state index contributed by atoms with van der Waals surface area (Å²) in [5, 5.41) is 3.42. The molecule has 4 heteroatoms. The van der Waals surface area contributed by atoms with Gasteiger partial charge in [-0.2, -0.15) is 0 Å². The van der Waals surface area contributed by atoms with Crippen LogP contribution in [0.25, 0.3) is 0 Å². The van der Waals surface area contributed by atoms with Crippen molar-refractivity contribution in [3.8, 4) is 0 Å². The highest BCUT2D eigenvalue weighted by Gasteiger charge is 2.13. The molecule has 0 saturated carbocycles. The molecule has 106 valence electrons. The van der Waals surface area contributed by atoms with Crippen molar-refractivity contribution in [2.75, 3.05) is 38.1 Å². The summed E-state index contributed by atoms with van der Waals surface area (Å²) in [5.74, 6) is 1.11. The van der Waals surface area contributed by atoms with Crippen LogP contribution in [-0.2, 0) is 6.54 Å². The van der Waals surface area contributed by atoms with Crippen molar-refractivity contribution >= 4 is 5.82 Å². The first-order valence-corrected chi connectivity index (χ1v) is 7.27. The maximum Gasteiger partial charge on any atom is 0.128 e. The van der Waals surface area contributed by atoms with E-state index in [0.717, 1.165) is 32.0 Å². The second-order valence-corrected chi connectivity index (χ2v) is 5.70. The van der Waals surface area contributed by atoms with E-state index in [0.29, 0.717) is 6.04 Å². The van der Waals surface area contributed by atoms with Gasteiger partial charge in [0.25, 0.3) is 0 Å². The van der Waals surface area contributed by atoms with Gasteiger partial charge in [0.2, 0.25) is 0 Å². The molecular formula is C15H26N4. The largest absolute Gasteiger partial charge is 0.355 e. The van der Waals surface area contributed by atoms with Gasteiger partial charge in [-0.25, -0.2) is 4.98 Å². The lowest BCUT2D eigenvalue weighted by Crippen LogP contribution is -2.29. The minimum Gasteiger partial charge on any atom is -0.355 e. The zero-order chi connectivity index (χ0) is 13.7. The molecule has 1 fully saturated rings. The van der Waals surface area contributed by atoms with Gasteiger partial charge in [-0.05, 0) is 31.6 Å². The van der Waals surface area contributed by atoms with Crippen LogP contribution in [0.1, 0.15) is 25.8 Å². The van der Waals surface area contributed by atoms with Crippen molar-refractivity contribution in [3.05, 3.63) is 23.9 Å². The maximum absolute atomic E-state index is 4.61. The van der Waals surface area contributed by atoms with Crippen LogP contribution < -0.4 is 10.2 Å². The summed E-state index contributed by atoms with van der Waals surface area (Å²) in [5.41, 5.74) is 1.25. The van der Waals surface area contributed by atoms with Crippen molar-refractivity contribution in [3.63, 3.8) is 0 Å². The van der Waals surface area contributed by atoms with Crippen molar-refractivity contribution in [2.24, 2.45) is 0 Å². The smallest absolute Gasteiger partial charge is 0.128 e. The fourth-order valence-electron chi connectivity index (χ4n) is 2.31. The molecule has 0 atom stereocenters. The third-order valence-corrected chi connectivity index (χ3v) is 3.57. The Balaban J connectivity index is 1.93. The topological polar surface area (TPSA) is 31.4 Å². The van der Waals surface area contributed by atoms with E-state index in [-0.39, 0.29) is 0 Å². The highest BCUT2D eigenvalue weighted by molar-refractivity contribution is 5.39. The van der Waals surface area contributed by atoms with Crippen molar-refractivity contribution < 1.29 is 0 Å². The van der Waals surface area contributed by atoms with E-state index >= 15 is 0 Å². The second kappa shape index (κ2) is 6.87. The summed E-state index contributed by atoms with van der Waals surface area (Å²) in [6, 6.07) is 4.86. The fraction of sp³-hybridized carbons (Fsp3) is 0.667. The molecule has 0 spiro atoms. The average Bonchev–Trinajstić information content (AvgIpc) is 2.62. The SMILES string of the molecule is CC(C)NCc1ccc(N2CCCN(C)CC2)nc1. The molecule has 2 heterocycles. The Labute approximate surface area is 116 Å². The van der Waals surface area contributed by atoms with E-state index < -0.39 is 0 Å². The Hall–Kier alpha value is -1.13. The van der Waals surface area contributed by atoms with Gasteiger partial charge in [0, 0.05) is 38.4 Å². The Bertz CT molecular complexity index is 374. The number of nitrogens with one attached hydrogen (secondary N) is 1. The Morgan fingerprint density at radius 3 is 2.74 bits per heavy atom. The Kier molecular flexibility index (Phi) is 5.16. The number of pyridine rings is 1. The van der Waals surface area contributed by atoms with Gasteiger partial charge in [0.1, 0.15) is 5.82 Å². The summed E-state index contributed by atoms with van der Waals surface area (Å²) in [6.45, 7) is 9.72. The van der Waals surface area contributed by atoms with Gasteiger partial charge < -0.3 is 15.1 Å². The number of nitrogens with zero attached hydrogens (tertiary/aromatic N) is 3. The molecule has 0 aliphatic carbocycles. The van der Waals surface area contributed by atoms with Crippen LogP contribution in [0.5, 0.6) is 0 Å². The average molecular weight is 262 g/mol. The normalized spacial score (nSPS) is 17.8. The lowest BCUT2D eigenvalue weighted by molar-refractivity contribution is 0.360. The van der Waals surface area contributed by atoms with E-state index in [1.165, 1.54) is 18.5 Å². The van der Waals surface area contributed by atoms with Gasteiger partial charge in [0.05, 0.1) is 0 Å². The molecule has 1 aromatic heterocycles. The number of hydrogen-bond donors (Lipinski definition) is 1. The number of hydrogen-bond acceptors (Lipinski definition) is 4. The third kappa shape index (κ3) is 4.48. The van der Waals surface area contributed by atoms with Gasteiger partial charge in [-0.15, -0.1) is 0 Å². The number of anilines is 1. The van der Waals surface area contributed by atoms with Crippen LogP contribution in [0.3, 0.4) is 0 Å². The first kappa shape index (κ1) is 14.3. The Morgan fingerprint density at radius 1 is 1.21 bits per heavy atom. The van der Waals surface area contributed by atoms with Crippen LogP contribution in [0, 0.1) is 0 Å². The van der Waals surface area contributed by atoms with E-state index in [9.17, 15) is 0 Å². The van der Waals surface area contributed by atoms with Crippen molar-refractivity contribution in [1.82, 2.24) is 15.2 Å². The molecule has 0 radical (unpaired) electrons. The minimum atomic E-state index is 0.515. The van der Waals surface area contributed by atoms with Crippen LogP contribution >= 0.6 is 0 Å². The molecule has 2 rings (SSSR count). The predicted octanol–water partition coefficient (Wildman–Crippen LogP) is 1.72. The summed E-state index contributed by atoms with van der Waals surface area (Å²) in [6.07, 6.45) is 3.22. The first-order chi connectivity index (χ1) is 9.15. The van der Waals surface area contributed by atoms with Gasteiger partial charge in [-0.3, -0.25) is 0 Å². The van der Waals surface area contributed by atoms with E-state index in [4.69, 9.17) is 0 Å². The fourth-order valence-corrected chi connectivity index (χ4v) is 2.31. The highest BCUT2D eigenvalue weighted by Crippen LogP contribution is 2.13. The molecule has 1 aliphatic rings. The summed E-state index contributed by atoms with van der Waals surface area (Å²) in [4.78, 5) is 9.40. The number of likely N-dealkylation sites (N-methyl/N-ethyl adjacent to an activating group) is 1. The zero-order valence-corrected chi connectivity index (χ0v) is 12.4.